The topological polar surface area (TPSA) is 122 Å². The lowest BCUT2D eigenvalue weighted by molar-refractivity contribution is -0.137. The molecule has 0 radical (unpaired) electrons. The van der Waals surface area contributed by atoms with Crippen LogP contribution in [0.1, 0.15) is 54.7 Å². The molecular weight excluding hydrogens is 513 g/mol. The fourth-order valence-corrected chi connectivity index (χ4v) is 5.25. The summed E-state index contributed by atoms with van der Waals surface area (Å²) in [6.07, 6.45) is 1.30. The molecule has 2 N–H and O–H groups in total. The third-order valence-corrected chi connectivity index (χ3v) is 7.61. The van der Waals surface area contributed by atoms with Crippen molar-refractivity contribution in [1.29, 1.82) is 0 Å². The van der Waals surface area contributed by atoms with Crippen molar-refractivity contribution >= 4 is 33.6 Å². The molecule has 0 spiro atoms. The number of alkyl halides is 3. The van der Waals surface area contributed by atoms with Crippen molar-refractivity contribution in [1.82, 2.24) is 14.0 Å². The summed E-state index contributed by atoms with van der Waals surface area (Å²) < 4.78 is 72.9. The number of aromatic nitrogens is 1. The van der Waals surface area contributed by atoms with E-state index < -0.39 is 27.9 Å². The number of allylic oxidation sites excluding steroid dienone is 2. The van der Waals surface area contributed by atoms with E-state index in [1.165, 1.54) is 6.07 Å². The minimum atomic E-state index is -4.55. The van der Waals surface area contributed by atoms with Crippen molar-refractivity contribution in [3.63, 3.8) is 0 Å². The Morgan fingerprint density at radius 1 is 1.24 bits per heavy atom. The van der Waals surface area contributed by atoms with Gasteiger partial charge in [0, 0.05) is 30.6 Å². The number of amides is 1. The van der Waals surface area contributed by atoms with Crippen LogP contribution < -0.4 is 10.0 Å². The Hall–Kier alpha value is -3.19. The second-order valence-corrected chi connectivity index (χ2v) is 10.5. The summed E-state index contributed by atoms with van der Waals surface area (Å²) in [4.78, 5) is 29.0. The first-order valence-electron chi connectivity index (χ1n) is 11.7. The fourth-order valence-electron chi connectivity index (χ4n) is 4.07. The van der Waals surface area contributed by atoms with E-state index in [0.717, 1.165) is 22.7 Å². The Balaban J connectivity index is 1.65. The second kappa shape index (κ2) is 11.5. The van der Waals surface area contributed by atoms with Gasteiger partial charge in [-0.2, -0.15) is 30.9 Å². The summed E-state index contributed by atoms with van der Waals surface area (Å²) in [5, 5.41) is 2.57. The number of nitrogens with one attached hydrogen (secondary N) is 2. The predicted octanol–water partition coefficient (Wildman–Crippen LogP) is 4.60. The van der Waals surface area contributed by atoms with Crippen molar-refractivity contribution < 1.29 is 35.6 Å². The maximum absolute atomic E-state index is 13.0. The minimum Gasteiger partial charge on any atom is -0.431 e. The molecule has 1 fully saturated rings. The summed E-state index contributed by atoms with van der Waals surface area (Å²) in [6, 6.07) is 2.80. The van der Waals surface area contributed by atoms with Crippen LogP contribution in [0.5, 0.6) is 0 Å². The smallest absolute Gasteiger partial charge is 0.416 e. The summed E-state index contributed by atoms with van der Waals surface area (Å²) in [5.74, 6) is -1.53. The largest absolute Gasteiger partial charge is 0.431 e. The molecule has 0 bridgehead atoms. The first-order chi connectivity index (χ1) is 17.3. The number of halogens is 3. The molecule has 2 aromatic rings. The van der Waals surface area contributed by atoms with E-state index in [2.05, 4.69) is 10.3 Å². The maximum atomic E-state index is 13.0. The Bertz CT molecular complexity index is 1270. The monoisotopic (exact) mass is 542 g/mol. The van der Waals surface area contributed by atoms with Gasteiger partial charge < -0.3 is 9.73 Å². The van der Waals surface area contributed by atoms with Gasteiger partial charge in [0.05, 0.1) is 5.56 Å². The van der Waals surface area contributed by atoms with E-state index in [1.54, 1.807) is 26.0 Å². The zero-order chi connectivity index (χ0) is 27.4. The molecule has 1 aromatic heterocycles. The number of oxazole rings is 1. The van der Waals surface area contributed by atoms with E-state index in [-0.39, 0.29) is 48.1 Å². The summed E-state index contributed by atoms with van der Waals surface area (Å²) in [6.45, 7) is 5.42. The molecule has 37 heavy (non-hydrogen) atoms. The van der Waals surface area contributed by atoms with Crippen LogP contribution in [0, 0.1) is 18.8 Å². The normalized spacial score (nSPS) is 18.4. The van der Waals surface area contributed by atoms with Crippen LogP contribution in [0.4, 0.5) is 24.9 Å². The third-order valence-electron chi connectivity index (χ3n) is 6.12. The fraction of sp³-hybridized carbons (Fsp3) is 0.458. The molecule has 0 saturated carbocycles. The number of anilines is 2. The summed E-state index contributed by atoms with van der Waals surface area (Å²) in [7, 11) is -4.23. The van der Waals surface area contributed by atoms with Gasteiger partial charge in [-0.25, -0.2) is 4.72 Å². The maximum Gasteiger partial charge on any atom is 0.416 e. The van der Waals surface area contributed by atoms with Crippen LogP contribution in [-0.4, -0.2) is 42.5 Å². The molecule has 1 aliphatic rings. The van der Waals surface area contributed by atoms with E-state index >= 15 is 0 Å². The lowest BCUT2D eigenvalue weighted by atomic mass is 9.88. The highest BCUT2D eigenvalue weighted by atomic mass is 32.2. The zero-order valence-corrected chi connectivity index (χ0v) is 21.4. The van der Waals surface area contributed by atoms with Gasteiger partial charge in [0.1, 0.15) is 12.0 Å². The van der Waals surface area contributed by atoms with Gasteiger partial charge in [0.15, 0.2) is 5.69 Å². The first-order valence-corrected chi connectivity index (χ1v) is 13.1. The van der Waals surface area contributed by atoms with Gasteiger partial charge in [-0.15, -0.1) is 0 Å². The van der Waals surface area contributed by atoms with Gasteiger partial charge in [-0.05, 0) is 50.8 Å². The van der Waals surface area contributed by atoms with Gasteiger partial charge >= 0.3 is 16.4 Å². The van der Waals surface area contributed by atoms with Crippen LogP contribution in [-0.2, 0) is 21.2 Å². The Labute approximate surface area is 213 Å². The first kappa shape index (κ1) is 28.4. The molecule has 1 saturated heterocycles. The number of nitrogens with zero attached hydrogens (tertiary/aromatic N) is 2. The third kappa shape index (κ3) is 7.19. The van der Waals surface area contributed by atoms with Crippen LogP contribution in [0.25, 0.3) is 0 Å². The van der Waals surface area contributed by atoms with Gasteiger partial charge in [-0.3, -0.25) is 9.59 Å². The minimum absolute atomic E-state index is 0.0556. The van der Waals surface area contributed by atoms with Crippen LogP contribution in [0.2, 0.25) is 0 Å². The van der Waals surface area contributed by atoms with Gasteiger partial charge in [0.25, 0.3) is 11.9 Å². The van der Waals surface area contributed by atoms with Gasteiger partial charge in [-0.1, -0.05) is 25.1 Å². The van der Waals surface area contributed by atoms with Crippen molar-refractivity contribution in [2.45, 2.75) is 46.2 Å². The highest BCUT2D eigenvalue weighted by molar-refractivity contribution is 7.87. The molecule has 1 aromatic carbocycles. The standard InChI is InChI=1S/C24H29F3N4O5S/c1-4-6-16(3)21(32)17-7-5-11-31(12-10-17)37(34,35)30-22(33)20-14-36-23(29-20)28-19-13-18(24(25,26)27)9-8-15(19)2/h4,6,8-9,13-14,16-17H,5,7,10-12H2,1-3H3,(H,28,29)(H,30,33)/b6-4+. The number of hydrogen-bond donors (Lipinski definition) is 2. The van der Waals surface area contributed by atoms with E-state index in [1.807, 2.05) is 11.6 Å². The molecule has 1 amide bonds. The van der Waals surface area contributed by atoms with E-state index in [9.17, 15) is 31.2 Å². The number of rotatable bonds is 8. The highest BCUT2D eigenvalue weighted by Crippen LogP contribution is 2.33. The van der Waals surface area contributed by atoms with Crippen LogP contribution in [0.3, 0.4) is 0 Å². The van der Waals surface area contributed by atoms with Crippen molar-refractivity contribution in [3.8, 4) is 0 Å². The van der Waals surface area contributed by atoms with Crippen molar-refractivity contribution in [2.24, 2.45) is 11.8 Å². The molecule has 13 heteroatoms. The quantitative estimate of drug-likeness (QED) is 0.468. The lowest BCUT2D eigenvalue weighted by Crippen LogP contribution is -2.44. The van der Waals surface area contributed by atoms with Gasteiger partial charge in [0.2, 0.25) is 0 Å². The Morgan fingerprint density at radius 3 is 2.65 bits per heavy atom. The number of aryl methyl sites for hydroxylation is 1. The number of benzene rings is 1. The SMILES string of the molecule is C/C=C/C(C)C(=O)C1CCCN(S(=O)(=O)NC(=O)c2coc(Nc3cc(C(F)(F)F)ccc3C)n2)CC1. The second-order valence-electron chi connectivity index (χ2n) is 8.87. The molecule has 1 aliphatic heterocycles. The number of carbonyl (C=O) groups excluding carboxylic acids is 2. The predicted molar refractivity (Wildman–Crippen MR) is 130 cm³/mol. The summed E-state index contributed by atoms with van der Waals surface area (Å²) >= 11 is 0. The number of carbonyl (C=O) groups is 2. The number of hydrogen-bond acceptors (Lipinski definition) is 7. The van der Waals surface area contributed by atoms with Crippen molar-refractivity contribution in [2.75, 3.05) is 18.4 Å². The van der Waals surface area contributed by atoms with E-state index in [0.29, 0.717) is 24.8 Å². The van der Waals surface area contributed by atoms with Crippen LogP contribution >= 0.6 is 0 Å². The Morgan fingerprint density at radius 2 is 1.97 bits per heavy atom. The van der Waals surface area contributed by atoms with Crippen molar-refractivity contribution in [3.05, 3.63) is 53.4 Å². The average molecular weight is 543 g/mol. The molecule has 202 valence electrons. The molecule has 2 heterocycles. The van der Waals surface area contributed by atoms with Crippen LogP contribution in [0.15, 0.2) is 41.0 Å². The molecule has 2 atom stereocenters. The average Bonchev–Trinajstić information content (AvgIpc) is 3.13. The number of Topliss-reactive ketones (excluding diaryl/α,β-unsaturated/α-hetero) is 1. The van der Waals surface area contributed by atoms with E-state index in [4.69, 9.17) is 4.42 Å². The number of ketones is 1. The summed E-state index contributed by atoms with van der Waals surface area (Å²) in [5.41, 5.74) is -0.723. The molecule has 3 rings (SSSR count). The molecule has 0 aliphatic carbocycles. The molecule has 9 nitrogen and oxygen atoms in total. The lowest BCUT2D eigenvalue weighted by Gasteiger charge is -2.20. The molecular formula is C24H29F3N4O5S. The molecule has 2 unspecified atom stereocenters. The highest BCUT2D eigenvalue weighted by Gasteiger charge is 2.32. The zero-order valence-electron chi connectivity index (χ0n) is 20.6. The Kier molecular flexibility index (Phi) is 8.80.